The van der Waals surface area contributed by atoms with Crippen LogP contribution in [0.25, 0.3) is 0 Å². The molecule has 4 aromatic rings. The lowest BCUT2D eigenvalue weighted by atomic mass is 9.87. The van der Waals surface area contributed by atoms with Gasteiger partial charge in [0.05, 0.1) is 21.3 Å². The van der Waals surface area contributed by atoms with Gasteiger partial charge in [0.1, 0.15) is 5.75 Å². The van der Waals surface area contributed by atoms with Crippen LogP contribution >= 0.6 is 0 Å². The first-order chi connectivity index (χ1) is 21.4. The second-order valence-corrected chi connectivity index (χ2v) is 11.8. The fourth-order valence-electron chi connectivity index (χ4n) is 6.84. The summed E-state index contributed by atoms with van der Waals surface area (Å²) in [6.45, 7) is 1.71. The molecule has 6 heterocycles. The third-order valence-corrected chi connectivity index (χ3v) is 9.21. The van der Waals surface area contributed by atoms with E-state index in [0.29, 0.717) is 40.9 Å². The van der Waals surface area contributed by atoms with Gasteiger partial charge in [-0.25, -0.2) is 0 Å². The number of nitrogens with zero attached hydrogens (tertiary/aromatic N) is 1. The van der Waals surface area contributed by atoms with E-state index in [0.717, 1.165) is 54.8 Å². The van der Waals surface area contributed by atoms with Crippen LogP contribution in [0.4, 0.5) is 0 Å². The Morgan fingerprint density at radius 3 is 2.30 bits per heavy atom. The van der Waals surface area contributed by atoms with E-state index in [1.54, 1.807) is 21.3 Å². The number of rotatable bonds is 3. The molecule has 8 heteroatoms. The largest absolute Gasteiger partial charge is 0.502 e. The summed E-state index contributed by atoms with van der Waals surface area (Å²) in [7, 11) is 7.00. The second-order valence-electron chi connectivity index (χ2n) is 11.8. The van der Waals surface area contributed by atoms with Crippen LogP contribution in [-0.4, -0.2) is 51.5 Å². The first kappa shape index (κ1) is 28.4. The molecule has 10 rings (SSSR count). The van der Waals surface area contributed by atoms with E-state index in [9.17, 15) is 5.11 Å². The summed E-state index contributed by atoms with van der Waals surface area (Å²) >= 11 is 0. The molecule has 0 saturated carbocycles. The molecule has 6 aliphatic heterocycles. The predicted molar refractivity (Wildman–Crippen MR) is 168 cm³/mol. The normalized spacial score (nSPS) is 19.1. The van der Waals surface area contributed by atoms with E-state index < -0.39 is 0 Å². The average molecular weight is 595 g/mol. The zero-order valence-corrected chi connectivity index (χ0v) is 25.6. The number of hydrogen-bond acceptors (Lipinski definition) is 8. The minimum absolute atomic E-state index is 0.0166. The summed E-state index contributed by atoms with van der Waals surface area (Å²) in [5.41, 5.74) is 6.70. The molecule has 4 aromatic carbocycles. The first-order valence-electron chi connectivity index (χ1n) is 15.1. The SMILES string of the molecule is COc1ccc2cc1Oc1ccc(cc1)C[C@@H]1NCCc3cc(c(OC)cc31)Oc1c(O)c(OC)cc3c1[C@H](C2)N(C)CC3. The van der Waals surface area contributed by atoms with Crippen molar-refractivity contribution in [3.8, 4) is 46.0 Å². The third kappa shape index (κ3) is 5.08. The number of nitrogens with one attached hydrogen (secondary N) is 1. The maximum atomic E-state index is 11.6. The minimum Gasteiger partial charge on any atom is -0.502 e. The van der Waals surface area contributed by atoms with Crippen LogP contribution in [0.5, 0.6) is 46.0 Å². The Labute approximate surface area is 258 Å². The molecule has 6 aliphatic rings. The summed E-state index contributed by atoms with van der Waals surface area (Å²) in [6.07, 6.45) is 3.15. The molecule has 0 saturated heterocycles. The van der Waals surface area contributed by atoms with Gasteiger partial charge in [-0.15, -0.1) is 0 Å². The summed E-state index contributed by atoms with van der Waals surface area (Å²) in [6, 6.07) is 20.5. The van der Waals surface area contributed by atoms with Crippen LogP contribution in [-0.2, 0) is 25.7 Å². The lowest BCUT2D eigenvalue weighted by molar-refractivity contribution is 0.221. The van der Waals surface area contributed by atoms with Gasteiger partial charge in [0.25, 0.3) is 0 Å². The Bertz CT molecular complexity index is 1700. The van der Waals surface area contributed by atoms with Gasteiger partial charge in [-0.2, -0.15) is 0 Å². The van der Waals surface area contributed by atoms with E-state index in [4.69, 9.17) is 23.7 Å². The van der Waals surface area contributed by atoms with E-state index in [2.05, 4.69) is 47.6 Å². The highest BCUT2D eigenvalue weighted by Crippen LogP contribution is 2.51. The Balaban J connectivity index is 1.44. The van der Waals surface area contributed by atoms with E-state index >= 15 is 0 Å². The Hall–Kier alpha value is -4.40. The number of aromatic hydroxyl groups is 1. The first-order valence-corrected chi connectivity index (χ1v) is 15.1. The van der Waals surface area contributed by atoms with Gasteiger partial charge < -0.3 is 34.1 Å². The van der Waals surface area contributed by atoms with Gasteiger partial charge in [-0.3, -0.25) is 4.90 Å². The molecule has 44 heavy (non-hydrogen) atoms. The standard InChI is InChI=1S/C36H38N2O6/c1-38-14-12-24-19-33(42-4)35(39)36-34(24)28(38)16-22-7-10-29(40-2)31(17-22)43-25-8-5-21(6-9-25)15-27-26-20-30(41-3)32(44-36)18-23(26)11-13-37-27/h5-10,17-20,27-28,37,39H,11-16H2,1-4H3/t27-,28-/m0/s1. The van der Waals surface area contributed by atoms with Crippen molar-refractivity contribution in [2.75, 3.05) is 41.5 Å². The monoisotopic (exact) mass is 594 g/mol. The molecular formula is C36H38N2O6. The zero-order chi connectivity index (χ0) is 30.4. The third-order valence-electron chi connectivity index (χ3n) is 9.21. The van der Waals surface area contributed by atoms with Crippen molar-refractivity contribution in [3.05, 3.63) is 94.0 Å². The van der Waals surface area contributed by atoms with Crippen molar-refractivity contribution < 1.29 is 28.8 Å². The number of ether oxygens (including phenoxy) is 5. The van der Waals surface area contributed by atoms with Crippen LogP contribution in [0, 0.1) is 0 Å². The van der Waals surface area contributed by atoms with Crippen molar-refractivity contribution in [1.29, 1.82) is 0 Å². The molecular weight excluding hydrogens is 556 g/mol. The lowest BCUT2D eigenvalue weighted by Gasteiger charge is -2.36. The molecule has 228 valence electrons. The van der Waals surface area contributed by atoms with Crippen LogP contribution in [0.3, 0.4) is 0 Å². The molecule has 8 bridgehead atoms. The molecule has 0 aliphatic carbocycles. The summed E-state index contributed by atoms with van der Waals surface area (Å²) < 4.78 is 30.3. The molecule has 0 radical (unpaired) electrons. The topological polar surface area (TPSA) is 81.7 Å². The van der Waals surface area contributed by atoms with Crippen molar-refractivity contribution in [2.45, 2.75) is 37.8 Å². The highest BCUT2D eigenvalue weighted by molar-refractivity contribution is 5.63. The second kappa shape index (κ2) is 11.6. The van der Waals surface area contributed by atoms with E-state index in [1.807, 2.05) is 30.3 Å². The van der Waals surface area contributed by atoms with Gasteiger partial charge in [0.15, 0.2) is 34.5 Å². The highest BCUT2D eigenvalue weighted by atomic mass is 16.5. The van der Waals surface area contributed by atoms with Gasteiger partial charge >= 0.3 is 0 Å². The Kier molecular flexibility index (Phi) is 7.48. The van der Waals surface area contributed by atoms with Crippen molar-refractivity contribution in [1.82, 2.24) is 10.2 Å². The number of hydrogen-bond donors (Lipinski definition) is 2. The Morgan fingerprint density at radius 2 is 1.52 bits per heavy atom. The van der Waals surface area contributed by atoms with Gasteiger partial charge in [-0.1, -0.05) is 18.2 Å². The highest BCUT2D eigenvalue weighted by Gasteiger charge is 2.33. The fourth-order valence-corrected chi connectivity index (χ4v) is 6.84. The number of phenolic OH excluding ortho intramolecular Hbond substituents is 1. The molecule has 0 unspecified atom stereocenters. The molecule has 2 atom stereocenters. The van der Waals surface area contributed by atoms with Gasteiger partial charge in [0, 0.05) is 24.2 Å². The summed E-state index contributed by atoms with van der Waals surface area (Å²) in [5.74, 6) is 4.05. The summed E-state index contributed by atoms with van der Waals surface area (Å²) in [5, 5.41) is 15.3. The Morgan fingerprint density at radius 1 is 0.773 bits per heavy atom. The van der Waals surface area contributed by atoms with Gasteiger partial charge in [-0.05, 0) is 110 Å². The maximum absolute atomic E-state index is 11.6. The van der Waals surface area contributed by atoms with Crippen molar-refractivity contribution in [3.63, 3.8) is 0 Å². The summed E-state index contributed by atoms with van der Waals surface area (Å²) in [4.78, 5) is 2.31. The average Bonchev–Trinajstić information content (AvgIpc) is 3.04. The van der Waals surface area contributed by atoms with E-state index in [-0.39, 0.29) is 17.8 Å². The molecule has 0 amide bonds. The lowest BCUT2D eigenvalue weighted by Crippen LogP contribution is -2.34. The van der Waals surface area contributed by atoms with Crippen LogP contribution in [0.1, 0.15) is 45.5 Å². The smallest absolute Gasteiger partial charge is 0.201 e. The van der Waals surface area contributed by atoms with Crippen LogP contribution in [0.15, 0.2) is 60.7 Å². The minimum atomic E-state index is -0.0784. The molecule has 0 spiro atoms. The number of benzene rings is 4. The van der Waals surface area contributed by atoms with Gasteiger partial charge in [0.2, 0.25) is 5.75 Å². The quantitative estimate of drug-likeness (QED) is 0.278. The zero-order valence-electron chi connectivity index (χ0n) is 25.6. The number of likely N-dealkylation sites (N-methyl/N-ethyl adjacent to an activating group) is 1. The van der Waals surface area contributed by atoms with Crippen LogP contribution in [0.2, 0.25) is 0 Å². The molecule has 0 fully saturated rings. The van der Waals surface area contributed by atoms with Crippen molar-refractivity contribution >= 4 is 0 Å². The van der Waals surface area contributed by atoms with E-state index in [1.165, 1.54) is 16.7 Å². The maximum Gasteiger partial charge on any atom is 0.201 e. The molecule has 8 nitrogen and oxygen atoms in total. The van der Waals surface area contributed by atoms with Crippen molar-refractivity contribution in [2.24, 2.45) is 0 Å². The predicted octanol–water partition coefficient (Wildman–Crippen LogP) is 6.52. The molecule has 0 aromatic heterocycles. The number of methoxy groups -OCH3 is 3. The fraction of sp³-hybridized carbons (Fsp3) is 0.333. The van der Waals surface area contributed by atoms with Crippen LogP contribution < -0.4 is 29.0 Å². The number of phenols is 1. The molecule has 2 N–H and O–H groups in total.